The van der Waals surface area contributed by atoms with E-state index < -0.39 is 17.2 Å². The van der Waals surface area contributed by atoms with E-state index in [9.17, 15) is 14.4 Å². The number of aromatic nitrogens is 2. The molecule has 0 saturated heterocycles. The van der Waals surface area contributed by atoms with E-state index in [2.05, 4.69) is 10.3 Å². The molecule has 3 rings (SSSR count). The van der Waals surface area contributed by atoms with Gasteiger partial charge in [0.15, 0.2) is 0 Å². The Hall–Kier alpha value is -2.83. The molecule has 7 heteroatoms. The number of nitrogen functional groups attached to an aromatic ring is 1. The second-order valence-corrected chi connectivity index (χ2v) is 5.31. The number of H-pyrrole nitrogens is 2. The van der Waals surface area contributed by atoms with Crippen LogP contribution in [-0.2, 0) is 6.42 Å². The maximum Gasteiger partial charge on any atom is 0.326 e. The van der Waals surface area contributed by atoms with Crippen LogP contribution < -0.4 is 22.3 Å². The van der Waals surface area contributed by atoms with E-state index in [1.54, 1.807) is 0 Å². The number of hydrogen-bond acceptors (Lipinski definition) is 4. The van der Waals surface area contributed by atoms with E-state index in [1.807, 2.05) is 29.2 Å². The van der Waals surface area contributed by atoms with Gasteiger partial charge in [-0.05, 0) is 30.4 Å². The molecule has 1 heterocycles. The maximum absolute atomic E-state index is 12.3. The van der Waals surface area contributed by atoms with Crippen LogP contribution in [0.1, 0.15) is 40.5 Å². The third-order valence-electron chi connectivity index (χ3n) is 3.88. The van der Waals surface area contributed by atoms with Crippen molar-refractivity contribution in [2.45, 2.75) is 25.3 Å². The highest BCUT2D eigenvalue weighted by Gasteiger charge is 2.23. The summed E-state index contributed by atoms with van der Waals surface area (Å²) in [6.45, 7) is 0. The normalized spacial score (nSPS) is 16.8. The van der Waals surface area contributed by atoms with Crippen LogP contribution in [0.15, 0.2) is 33.9 Å². The van der Waals surface area contributed by atoms with Crippen molar-refractivity contribution in [3.8, 4) is 0 Å². The van der Waals surface area contributed by atoms with Crippen molar-refractivity contribution in [3.05, 3.63) is 61.9 Å². The molecule has 0 aliphatic heterocycles. The number of fused-ring (bicyclic) bond motifs is 1. The summed E-state index contributed by atoms with van der Waals surface area (Å²) in [5.74, 6) is -0.553. The molecule has 5 N–H and O–H groups in total. The van der Waals surface area contributed by atoms with Gasteiger partial charge in [-0.2, -0.15) is 0 Å². The molecule has 1 atom stereocenters. The molecule has 0 spiro atoms. The number of amides is 1. The first-order chi connectivity index (χ1) is 10.6. The number of anilines is 1. The topological polar surface area (TPSA) is 121 Å². The minimum atomic E-state index is -0.766. The van der Waals surface area contributed by atoms with Crippen LogP contribution in [0.5, 0.6) is 0 Å². The van der Waals surface area contributed by atoms with Crippen molar-refractivity contribution in [2.75, 3.05) is 5.73 Å². The summed E-state index contributed by atoms with van der Waals surface area (Å²) in [6.07, 6.45) is 2.74. The first-order valence-electron chi connectivity index (χ1n) is 7.07. The zero-order valence-corrected chi connectivity index (χ0v) is 11.8. The first-order valence-corrected chi connectivity index (χ1v) is 7.07. The highest BCUT2D eigenvalue weighted by molar-refractivity contribution is 5.97. The minimum Gasteiger partial charge on any atom is -0.392 e. The summed E-state index contributed by atoms with van der Waals surface area (Å²) < 4.78 is 0. The fourth-order valence-corrected chi connectivity index (χ4v) is 2.81. The Balaban J connectivity index is 1.90. The third kappa shape index (κ3) is 2.52. The van der Waals surface area contributed by atoms with E-state index in [-0.39, 0.29) is 17.4 Å². The zero-order valence-electron chi connectivity index (χ0n) is 11.8. The Bertz CT molecular complexity index is 837. The highest BCUT2D eigenvalue weighted by Crippen LogP contribution is 2.29. The van der Waals surface area contributed by atoms with E-state index in [0.29, 0.717) is 0 Å². The molecule has 0 fully saturated rings. The lowest BCUT2D eigenvalue weighted by Gasteiger charge is -2.26. The smallest absolute Gasteiger partial charge is 0.326 e. The van der Waals surface area contributed by atoms with Gasteiger partial charge >= 0.3 is 5.69 Å². The predicted octanol–water partition coefficient (Wildman–Crippen LogP) is 0.453. The van der Waals surface area contributed by atoms with Gasteiger partial charge in [0, 0.05) is 0 Å². The number of hydrogen-bond donors (Lipinski definition) is 4. The molecular formula is C15H16N4O3. The summed E-state index contributed by atoms with van der Waals surface area (Å²) in [5.41, 5.74) is 5.83. The van der Waals surface area contributed by atoms with E-state index in [1.165, 1.54) is 5.56 Å². The van der Waals surface area contributed by atoms with Crippen LogP contribution >= 0.6 is 0 Å². The fraction of sp³-hybridized carbons (Fsp3) is 0.267. The van der Waals surface area contributed by atoms with E-state index in [0.717, 1.165) is 24.8 Å². The number of carbonyl (C=O) groups is 1. The molecule has 0 bridgehead atoms. The van der Waals surface area contributed by atoms with Gasteiger partial charge in [0.2, 0.25) is 0 Å². The molecule has 2 aromatic rings. The number of rotatable bonds is 2. The Morgan fingerprint density at radius 3 is 2.82 bits per heavy atom. The second kappa shape index (κ2) is 5.51. The molecule has 1 amide bonds. The number of carbonyl (C=O) groups excluding carboxylic acids is 1. The Kier molecular flexibility index (Phi) is 3.54. The Labute approximate surface area is 125 Å². The van der Waals surface area contributed by atoms with Crippen molar-refractivity contribution in [1.82, 2.24) is 15.3 Å². The van der Waals surface area contributed by atoms with Crippen molar-refractivity contribution in [1.29, 1.82) is 0 Å². The number of benzene rings is 1. The third-order valence-corrected chi connectivity index (χ3v) is 3.88. The van der Waals surface area contributed by atoms with Gasteiger partial charge in [-0.25, -0.2) is 4.79 Å². The average Bonchev–Trinajstić information content (AvgIpc) is 2.51. The predicted molar refractivity (Wildman–Crippen MR) is 81.7 cm³/mol. The molecular weight excluding hydrogens is 284 g/mol. The molecule has 1 aliphatic carbocycles. The maximum atomic E-state index is 12.3. The van der Waals surface area contributed by atoms with E-state index >= 15 is 0 Å². The molecule has 0 saturated carbocycles. The Morgan fingerprint density at radius 1 is 1.23 bits per heavy atom. The fourth-order valence-electron chi connectivity index (χ4n) is 2.81. The molecule has 0 unspecified atom stereocenters. The number of nitrogens with two attached hydrogens (primary N) is 1. The van der Waals surface area contributed by atoms with Crippen molar-refractivity contribution < 1.29 is 4.79 Å². The number of aromatic amines is 2. The molecule has 1 aliphatic rings. The summed E-state index contributed by atoms with van der Waals surface area (Å²) >= 11 is 0. The summed E-state index contributed by atoms with van der Waals surface area (Å²) in [4.78, 5) is 39.4. The van der Waals surface area contributed by atoms with Gasteiger partial charge < -0.3 is 16.0 Å². The van der Waals surface area contributed by atoms with Gasteiger partial charge in [0.25, 0.3) is 11.5 Å². The Morgan fingerprint density at radius 2 is 2.00 bits per heavy atom. The van der Waals surface area contributed by atoms with Crippen molar-refractivity contribution >= 4 is 11.6 Å². The van der Waals surface area contributed by atoms with Crippen LogP contribution in [0, 0.1) is 0 Å². The lowest BCUT2D eigenvalue weighted by Crippen LogP contribution is -2.36. The van der Waals surface area contributed by atoms with Crippen LogP contribution in [0.25, 0.3) is 0 Å². The van der Waals surface area contributed by atoms with Gasteiger partial charge in [0.05, 0.1) is 6.04 Å². The molecule has 1 aromatic heterocycles. The summed E-state index contributed by atoms with van der Waals surface area (Å²) in [6, 6.07) is 7.75. The van der Waals surface area contributed by atoms with Crippen molar-refractivity contribution in [2.24, 2.45) is 0 Å². The standard InChI is InChI=1S/C15H16N4O3/c16-11-12(18-15(22)19-13(11)20)14(21)17-10-7-3-5-8-4-1-2-6-9(8)10/h1-2,4,6,10H,3,5,7,16H2,(H,17,21)(H2,18,19,20,22)/t10-/m1/s1. The van der Waals surface area contributed by atoms with Gasteiger partial charge in [0.1, 0.15) is 11.4 Å². The average molecular weight is 300 g/mol. The van der Waals surface area contributed by atoms with Crippen LogP contribution in [0.3, 0.4) is 0 Å². The number of aryl methyl sites for hydroxylation is 1. The van der Waals surface area contributed by atoms with Crippen LogP contribution in [-0.4, -0.2) is 15.9 Å². The van der Waals surface area contributed by atoms with Gasteiger partial charge in [-0.1, -0.05) is 24.3 Å². The lowest BCUT2D eigenvalue weighted by molar-refractivity contribution is 0.0928. The lowest BCUT2D eigenvalue weighted by atomic mass is 9.87. The SMILES string of the molecule is Nc1c(C(=O)N[C@@H]2CCCc3ccccc32)[nH]c(=O)[nH]c1=O. The van der Waals surface area contributed by atoms with Crippen molar-refractivity contribution in [3.63, 3.8) is 0 Å². The summed E-state index contributed by atoms with van der Waals surface area (Å²) in [5, 5.41) is 2.84. The minimum absolute atomic E-state index is 0.153. The molecule has 22 heavy (non-hydrogen) atoms. The largest absolute Gasteiger partial charge is 0.392 e. The van der Waals surface area contributed by atoms with E-state index in [4.69, 9.17) is 5.73 Å². The second-order valence-electron chi connectivity index (χ2n) is 5.31. The molecule has 0 radical (unpaired) electrons. The molecule has 1 aromatic carbocycles. The first kappa shape index (κ1) is 14.1. The number of nitrogens with one attached hydrogen (secondary N) is 3. The quantitative estimate of drug-likeness (QED) is 0.643. The highest BCUT2D eigenvalue weighted by atomic mass is 16.2. The van der Waals surface area contributed by atoms with Gasteiger partial charge in [-0.15, -0.1) is 0 Å². The molecule has 7 nitrogen and oxygen atoms in total. The molecule has 114 valence electrons. The monoisotopic (exact) mass is 300 g/mol. The van der Waals surface area contributed by atoms with Crippen LogP contribution in [0.2, 0.25) is 0 Å². The zero-order chi connectivity index (χ0) is 15.7. The summed E-state index contributed by atoms with van der Waals surface area (Å²) in [7, 11) is 0. The van der Waals surface area contributed by atoms with Crippen LogP contribution in [0.4, 0.5) is 5.69 Å². The van der Waals surface area contributed by atoms with Gasteiger partial charge in [-0.3, -0.25) is 14.6 Å².